The predicted molar refractivity (Wildman–Crippen MR) is 67.2 cm³/mol. The van der Waals surface area contributed by atoms with E-state index in [2.05, 4.69) is 4.74 Å². The molecule has 104 valence electrons. The van der Waals surface area contributed by atoms with Gasteiger partial charge < -0.3 is 15.2 Å². The molecule has 1 aliphatic rings. The Labute approximate surface area is 111 Å². The van der Waals surface area contributed by atoms with Crippen molar-refractivity contribution in [3.05, 3.63) is 0 Å². The number of thiocarbonyl (C=S) groups is 1. The summed E-state index contributed by atoms with van der Waals surface area (Å²) >= 11 is 4.74. The Kier molecular flexibility index (Phi) is 5.26. The zero-order chi connectivity index (χ0) is 13.8. The number of carbonyl (C=O) groups is 1. The number of carbonyl (C=O) groups excluding carboxylic acids is 1. The fraction of sp³-hybridized carbons (Fsp3) is 0.750. The number of hydrogen-bond donors (Lipinski definition) is 2. The molecule has 8 nitrogen and oxygen atoms in total. The fourth-order valence-corrected chi connectivity index (χ4v) is 2.53. The van der Waals surface area contributed by atoms with E-state index in [1.807, 2.05) is 0 Å². The second kappa shape index (κ2) is 6.27. The lowest BCUT2D eigenvalue weighted by molar-refractivity contribution is 0.0381. The quantitative estimate of drug-likeness (QED) is 0.638. The fourth-order valence-electron chi connectivity index (χ4n) is 1.35. The predicted octanol–water partition coefficient (Wildman–Crippen LogP) is -1.04. The molecule has 1 atom stereocenters. The summed E-state index contributed by atoms with van der Waals surface area (Å²) in [6, 6.07) is 0. The van der Waals surface area contributed by atoms with Gasteiger partial charge in [-0.25, -0.2) is 9.52 Å². The number of ether oxygens (including phenoxy) is 2. The highest BCUT2D eigenvalue weighted by molar-refractivity contribution is 7.87. The van der Waals surface area contributed by atoms with Crippen LogP contribution in [0.1, 0.15) is 6.92 Å². The SMILES string of the molecule is CCOC(=O)NS(=O)(=O)N1CCOC(C(N)=S)C1. The zero-order valence-electron chi connectivity index (χ0n) is 9.79. The summed E-state index contributed by atoms with van der Waals surface area (Å²) in [5, 5.41) is 0. The smallest absolute Gasteiger partial charge is 0.421 e. The van der Waals surface area contributed by atoms with E-state index in [9.17, 15) is 13.2 Å². The molecule has 0 spiro atoms. The topological polar surface area (TPSA) is 111 Å². The van der Waals surface area contributed by atoms with Gasteiger partial charge in [0.2, 0.25) is 0 Å². The van der Waals surface area contributed by atoms with E-state index in [0.29, 0.717) is 0 Å². The summed E-state index contributed by atoms with van der Waals surface area (Å²) in [5.74, 6) is 0. The van der Waals surface area contributed by atoms with E-state index in [4.69, 9.17) is 22.7 Å². The molecule has 0 saturated carbocycles. The van der Waals surface area contributed by atoms with Gasteiger partial charge in [0.25, 0.3) is 0 Å². The lowest BCUT2D eigenvalue weighted by Crippen LogP contribution is -2.53. The van der Waals surface area contributed by atoms with Crippen LogP contribution in [-0.2, 0) is 19.7 Å². The Hall–Kier alpha value is -0.970. The zero-order valence-corrected chi connectivity index (χ0v) is 11.4. The molecule has 0 aromatic heterocycles. The number of morpholine rings is 1. The first-order valence-corrected chi connectivity index (χ1v) is 7.07. The minimum Gasteiger partial charge on any atom is -0.449 e. The van der Waals surface area contributed by atoms with E-state index in [-0.39, 0.29) is 31.3 Å². The normalized spacial score (nSPS) is 21.3. The molecule has 1 rings (SSSR count). The lowest BCUT2D eigenvalue weighted by atomic mass is 10.3. The third-order valence-corrected chi connectivity index (χ3v) is 3.87. The van der Waals surface area contributed by atoms with E-state index in [1.54, 1.807) is 11.6 Å². The standard InChI is InChI=1S/C8H15N3O5S2/c1-2-15-8(12)10-18(13,14)11-3-4-16-6(5-11)7(9)17/h6H,2-5H2,1H3,(H2,9,17)(H,10,12). The summed E-state index contributed by atoms with van der Waals surface area (Å²) in [6.07, 6.45) is -1.66. The van der Waals surface area contributed by atoms with Gasteiger partial charge in [-0.3, -0.25) is 0 Å². The summed E-state index contributed by atoms with van der Waals surface area (Å²) < 4.78 is 36.2. The van der Waals surface area contributed by atoms with E-state index in [0.717, 1.165) is 4.31 Å². The first-order chi connectivity index (χ1) is 8.36. The molecular weight excluding hydrogens is 282 g/mol. The Morgan fingerprint density at radius 2 is 2.33 bits per heavy atom. The first-order valence-electron chi connectivity index (χ1n) is 5.22. The molecule has 18 heavy (non-hydrogen) atoms. The summed E-state index contributed by atoms with van der Waals surface area (Å²) in [6.45, 7) is 1.91. The third-order valence-electron chi connectivity index (χ3n) is 2.17. The van der Waals surface area contributed by atoms with Gasteiger partial charge in [0.1, 0.15) is 11.1 Å². The number of nitrogens with zero attached hydrogens (tertiary/aromatic N) is 1. The lowest BCUT2D eigenvalue weighted by Gasteiger charge is -2.31. The molecule has 0 aliphatic carbocycles. The molecule has 1 aliphatic heterocycles. The number of rotatable bonds is 4. The average molecular weight is 297 g/mol. The van der Waals surface area contributed by atoms with Gasteiger partial charge in [-0.2, -0.15) is 12.7 Å². The Morgan fingerprint density at radius 1 is 1.67 bits per heavy atom. The van der Waals surface area contributed by atoms with E-state index >= 15 is 0 Å². The minimum absolute atomic E-state index is 0.0237. The maximum absolute atomic E-state index is 11.8. The molecule has 1 fully saturated rings. The Balaban J connectivity index is 2.67. The van der Waals surface area contributed by atoms with Crippen LogP contribution < -0.4 is 10.5 Å². The molecule has 1 amide bonds. The highest BCUT2D eigenvalue weighted by atomic mass is 32.2. The molecule has 1 unspecified atom stereocenters. The van der Waals surface area contributed by atoms with E-state index in [1.165, 1.54) is 0 Å². The van der Waals surface area contributed by atoms with Gasteiger partial charge in [0.15, 0.2) is 0 Å². The molecule has 10 heteroatoms. The van der Waals surface area contributed by atoms with Crippen LogP contribution in [0.25, 0.3) is 0 Å². The van der Waals surface area contributed by atoms with Crippen LogP contribution in [-0.4, -0.2) is 56.2 Å². The summed E-state index contributed by atoms with van der Waals surface area (Å²) in [5.41, 5.74) is 5.39. The molecule has 3 N–H and O–H groups in total. The molecular formula is C8H15N3O5S2. The number of hydrogen-bond acceptors (Lipinski definition) is 6. The van der Waals surface area contributed by atoms with Crippen molar-refractivity contribution >= 4 is 33.5 Å². The molecule has 1 heterocycles. The second-order valence-electron chi connectivity index (χ2n) is 3.45. The maximum Gasteiger partial charge on any atom is 0.421 e. The molecule has 1 saturated heterocycles. The molecule has 0 radical (unpaired) electrons. The van der Waals surface area contributed by atoms with Crippen LogP contribution in [0, 0.1) is 0 Å². The van der Waals surface area contributed by atoms with Gasteiger partial charge >= 0.3 is 16.3 Å². The summed E-state index contributed by atoms with van der Waals surface area (Å²) in [4.78, 5) is 11.2. The van der Waals surface area contributed by atoms with Gasteiger partial charge in [-0.1, -0.05) is 12.2 Å². The van der Waals surface area contributed by atoms with Crippen LogP contribution in [0.2, 0.25) is 0 Å². The maximum atomic E-state index is 11.8. The number of amides is 1. The van der Waals surface area contributed by atoms with Crippen molar-refractivity contribution in [1.29, 1.82) is 0 Å². The molecule has 0 aromatic rings. The number of nitrogens with one attached hydrogen (secondary N) is 1. The van der Waals surface area contributed by atoms with Crippen LogP contribution in [0.4, 0.5) is 4.79 Å². The Morgan fingerprint density at radius 3 is 2.89 bits per heavy atom. The second-order valence-corrected chi connectivity index (χ2v) is 5.59. The van der Waals surface area contributed by atoms with Gasteiger partial charge in [0, 0.05) is 13.1 Å². The van der Waals surface area contributed by atoms with Crippen LogP contribution in [0.5, 0.6) is 0 Å². The average Bonchev–Trinajstić information content (AvgIpc) is 2.28. The first kappa shape index (κ1) is 15.1. The highest BCUT2D eigenvalue weighted by Gasteiger charge is 2.32. The monoisotopic (exact) mass is 297 g/mol. The van der Waals surface area contributed by atoms with Gasteiger partial charge in [0.05, 0.1) is 13.2 Å². The number of nitrogens with two attached hydrogens (primary N) is 1. The van der Waals surface area contributed by atoms with Crippen LogP contribution in [0.3, 0.4) is 0 Å². The molecule has 0 bridgehead atoms. The van der Waals surface area contributed by atoms with Crippen molar-refractivity contribution in [3.8, 4) is 0 Å². The van der Waals surface area contributed by atoms with Crippen molar-refractivity contribution in [3.63, 3.8) is 0 Å². The van der Waals surface area contributed by atoms with Crippen molar-refractivity contribution in [2.45, 2.75) is 13.0 Å². The van der Waals surface area contributed by atoms with Crippen LogP contribution >= 0.6 is 12.2 Å². The van der Waals surface area contributed by atoms with Crippen LogP contribution in [0.15, 0.2) is 0 Å². The minimum atomic E-state index is -3.96. The summed E-state index contributed by atoms with van der Waals surface area (Å²) in [7, 11) is -3.96. The largest absolute Gasteiger partial charge is 0.449 e. The molecule has 0 aromatic carbocycles. The van der Waals surface area contributed by atoms with Crippen molar-refractivity contribution < 1.29 is 22.7 Å². The van der Waals surface area contributed by atoms with Crippen molar-refractivity contribution in [2.24, 2.45) is 5.73 Å². The van der Waals surface area contributed by atoms with Crippen molar-refractivity contribution in [1.82, 2.24) is 9.03 Å². The Bertz CT molecular complexity index is 424. The van der Waals surface area contributed by atoms with E-state index < -0.39 is 22.4 Å². The van der Waals surface area contributed by atoms with Gasteiger partial charge in [-0.05, 0) is 6.92 Å². The third kappa shape index (κ3) is 4.05. The van der Waals surface area contributed by atoms with Crippen molar-refractivity contribution in [2.75, 3.05) is 26.3 Å². The van der Waals surface area contributed by atoms with Gasteiger partial charge in [-0.15, -0.1) is 0 Å². The highest BCUT2D eigenvalue weighted by Crippen LogP contribution is 2.09.